The zero-order chi connectivity index (χ0) is 16.0. The van der Waals surface area contributed by atoms with Crippen molar-refractivity contribution in [2.45, 2.75) is 65.9 Å². The summed E-state index contributed by atoms with van der Waals surface area (Å²) in [5.41, 5.74) is 3.60. The number of alkyl carbamates (subject to hydrolysis) is 1. The van der Waals surface area contributed by atoms with Gasteiger partial charge in [-0.05, 0) is 56.2 Å². The molecule has 3 heteroatoms. The van der Waals surface area contributed by atoms with E-state index in [9.17, 15) is 4.79 Å². The summed E-state index contributed by atoms with van der Waals surface area (Å²) in [4.78, 5) is 11.6. The normalized spacial score (nSPS) is 11.6. The van der Waals surface area contributed by atoms with Gasteiger partial charge in [0.25, 0.3) is 0 Å². The van der Waals surface area contributed by atoms with Gasteiger partial charge in [0, 0.05) is 6.54 Å². The van der Waals surface area contributed by atoms with Crippen molar-refractivity contribution in [1.29, 1.82) is 0 Å². The summed E-state index contributed by atoms with van der Waals surface area (Å²) in [5.74, 6) is 0.546. The average molecular weight is 291 g/mol. The number of carbonyl (C=O) groups is 1. The second kappa shape index (κ2) is 7.48. The van der Waals surface area contributed by atoms with Crippen LogP contribution in [-0.2, 0) is 17.6 Å². The molecule has 0 heterocycles. The molecule has 118 valence electrons. The van der Waals surface area contributed by atoms with E-state index in [0.29, 0.717) is 12.5 Å². The summed E-state index contributed by atoms with van der Waals surface area (Å²) in [6, 6.07) is 6.66. The van der Waals surface area contributed by atoms with E-state index in [2.05, 4.69) is 44.3 Å². The van der Waals surface area contributed by atoms with Crippen LogP contribution >= 0.6 is 0 Å². The van der Waals surface area contributed by atoms with Crippen molar-refractivity contribution in [1.82, 2.24) is 5.32 Å². The molecule has 0 spiro atoms. The van der Waals surface area contributed by atoms with Crippen LogP contribution < -0.4 is 5.32 Å². The molecule has 0 saturated heterocycles. The highest BCUT2D eigenvalue weighted by atomic mass is 16.6. The van der Waals surface area contributed by atoms with E-state index in [4.69, 9.17) is 4.74 Å². The molecule has 0 aliphatic carbocycles. The van der Waals surface area contributed by atoms with Crippen molar-refractivity contribution in [2.75, 3.05) is 6.54 Å². The van der Waals surface area contributed by atoms with Crippen molar-refractivity contribution in [3.05, 3.63) is 34.9 Å². The Morgan fingerprint density at radius 3 is 2.43 bits per heavy atom. The van der Waals surface area contributed by atoms with Crippen LogP contribution in [0.1, 0.15) is 64.2 Å². The smallest absolute Gasteiger partial charge is 0.407 e. The van der Waals surface area contributed by atoms with E-state index in [1.54, 1.807) is 0 Å². The lowest BCUT2D eigenvalue weighted by Crippen LogP contribution is -2.33. The van der Waals surface area contributed by atoms with Crippen molar-refractivity contribution in [2.24, 2.45) is 0 Å². The number of carbonyl (C=O) groups excluding carboxylic acids is 1. The van der Waals surface area contributed by atoms with E-state index in [0.717, 1.165) is 12.8 Å². The number of rotatable bonds is 5. The van der Waals surface area contributed by atoms with Gasteiger partial charge in [0.15, 0.2) is 0 Å². The maximum absolute atomic E-state index is 11.6. The molecular weight excluding hydrogens is 262 g/mol. The van der Waals surface area contributed by atoms with Gasteiger partial charge in [-0.25, -0.2) is 4.79 Å². The highest BCUT2D eigenvalue weighted by molar-refractivity contribution is 5.67. The number of hydrogen-bond acceptors (Lipinski definition) is 2. The molecule has 0 fully saturated rings. The number of ether oxygens (including phenoxy) is 1. The number of hydrogen-bond donors (Lipinski definition) is 1. The van der Waals surface area contributed by atoms with Crippen LogP contribution in [-0.4, -0.2) is 18.2 Å². The van der Waals surface area contributed by atoms with Crippen LogP contribution in [0, 0.1) is 0 Å². The van der Waals surface area contributed by atoms with Gasteiger partial charge >= 0.3 is 6.09 Å². The SMILES string of the molecule is CCc1cc(C(C)C)ccc1CCNC(=O)OC(C)(C)C. The highest BCUT2D eigenvalue weighted by Crippen LogP contribution is 2.19. The molecule has 1 N–H and O–H groups in total. The van der Waals surface area contributed by atoms with Crippen LogP contribution in [0.25, 0.3) is 0 Å². The first-order valence-electron chi connectivity index (χ1n) is 7.81. The van der Waals surface area contributed by atoms with Gasteiger partial charge in [0.2, 0.25) is 0 Å². The topological polar surface area (TPSA) is 38.3 Å². The Kier molecular flexibility index (Phi) is 6.25. The molecule has 1 amide bonds. The largest absolute Gasteiger partial charge is 0.444 e. The quantitative estimate of drug-likeness (QED) is 0.871. The minimum Gasteiger partial charge on any atom is -0.444 e. The van der Waals surface area contributed by atoms with Crippen molar-refractivity contribution >= 4 is 6.09 Å². The van der Waals surface area contributed by atoms with Gasteiger partial charge in [-0.15, -0.1) is 0 Å². The third-order valence-corrected chi connectivity index (χ3v) is 3.34. The summed E-state index contributed by atoms with van der Waals surface area (Å²) in [7, 11) is 0. The summed E-state index contributed by atoms with van der Waals surface area (Å²) in [6.45, 7) is 12.8. The lowest BCUT2D eigenvalue weighted by atomic mass is 9.95. The van der Waals surface area contributed by atoms with Crippen LogP contribution in [0.4, 0.5) is 4.79 Å². The minimum absolute atomic E-state index is 0.348. The summed E-state index contributed by atoms with van der Waals surface area (Å²) in [6.07, 6.45) is 1.50. The van der Waals surface area contributed by atoms with Crippen LogP contribution in [0.3, 0.4) is 0 Å². The molecule has 0 unspecified atom stereocenters. The molecular formula is C18H29NO2. The standard InChI is InChI=1S/C18H29NO2/c1-7-14-12-16(13(2)3)9-8-15(14)10-11-19-17(20)21-18(4,5)6/h8-9,12-13H,7,10-11H2,1-6H3,(H,19,20). The van der Waals surface area contributed by atoms with E-state index < -0.39 is 5.60 Å². The van der Waals surface area contributed by atoms with Gasteiger partial charge < -0.3 is 10.1 Å². The van der Waals surface area contributed by atoms with E-state index in [-0.39, 0.29) is 6.09 Å². The molecule has 0 atom stereocenters. The molecule has 0 aliphatic rings. The molecule has 1 rings (SSSR count). The first kappa shape index (κ1) is 17.5. The number of benzene rings is 1. The third kappa shape index (κ3) is 6.19. The van der Waals surface area contributed by atoms with Crippen molar-refractivity contribution in [3.63, 3.8) is 0 Å². The van der Waals surface area contributed by atoms with E-state index in [1.807, 2.05) is 20.8 Å². The van der Waals surface area contributed by atoms with E-state index in [1.165, 1.54) is 16.7 Å². The molecule has 1 aromatic rings. The molecule has 3 nitrogen and oxygen atoms in total. The second-order valence-corrected chi connectivity index (χ2v) is 6.72. The van der Waals surface area contributed by atoms with Gasteiger partial charge in [-0.3, -0.25) is 0 Å². The Hall–Kier alpha value is -1.51. The summed E-state index contributed by atoms with van der Waals surface area (Å²) in [5, 5.41) is 2.82. The number of nitrogens with one attached hydrogen (secondary N) is 1. The molecule has 0 aromatic heterocycles. The predicted octanol–water partition coefficient (Wildman–Crippen LogP) is 4.44. The monoisotopic (exact) mass is 291 g/mol. The molecule has 0 bridgehead atoms. The predicted molar refractivity (Wildman–Crippen MR) is 87.8 cm³/mol. The third-order valence-electron chi connectivity index (χ3n) is 3.34. The van der Waals surface area contributed by atoms with Crippen LogP contribution in [0.5, 0.6) is 0 Å². The summed E-state index contributed by atoms with van der Waals surface area (Å²) >= 11 is 0. The van der Waals surface area contributed by atoms with Crippen LogP contribution in [0.15, 0.2) is 18.2 Å². The zero-order valence-corrected chi connectivity index (χ0v) is 14.2. The Morgan fingerprint density at radius 1 is 1.24 bits per heavy atom. The van der Waals surface area contributed by atoms with Gasteiger partial charge in [0.05, 0.1) is 0 Å². The Balaban J connectivity index is 2.58. The first-order chi connectivity index (χ1) is 9.73. The van der Waals surface area contributed by atoms with Crippen molar-refractivity contribution in [3.8, 4) is 0 Å². The van der Waals surface area contributed by atoms with Gasteiger partial charge in [-0.1, -0.05) is 39.0 Å². The number of aryl methyl sites for hydroxylation is 1. The van der Waals surface area contributed by atoms with Gasteiger partial charge in [0.1, 0.15) is 5.60 Å². The highest BCUT2D eigenvalue weighted by Gasteiger charge is 2.15. The molecule has 0 saturated carbocycles. The fourth-order valence-corrected chi connectivity index (χ4v) is 2.19. The fraction of sp³-hybridized carbons (Fsp3) is 0.611. The Bertz CT molecular complexity index is 473. The lowest BCUT2D eigenvalue weighted by Gasteiger charge is -2.20. The lowest BCUT2D eigenvalue weighted by molar-refractivity contribution is 0.0528. The maximum Gasteiger partial charge on any atom is 0.407 e. The Labute approximate surface area is 129 Å². The second-order valence-electron chi connectivity index (χ2n) is 6.72. The maximum atomic E-state index is 11.6. The molecule has 1 aromatic carbocycles. The first-order valence-corrected chi connectivity index (χ1v) is 7.81. The van der Waals surface area contributed by atoms with E-state index >= 15 is 0 Å². The molecule has 21 heavy (non-hydrogen) atoms. The minimum atomic E-state index is -0.447. The fourth-order valence-electron chi connectivity index (χ4n) is 2.19. The van der Waals surface area contributed by atoms with Crippen LogP contribution in [0.2, 0.25) is 0 Å². The molecule has 0 aliphatic heterocycles. The van der Waals surface area contributed by atoms with Crippen molar-refractivity contribution < 1.29 is 9.53 Å². The summed E-state index contributed by atoms with van der Waals surface area (Å²) < 4.78 is 5.23. The molecule has 0 radical (unpaired) electrons. The average Bonchev–Trinajstić information content (AvgIpc) is 2.36. The Morgan fingerprint density at radius 2 is 1.90 bits per heavy atom. The van der Waals surface area contributed by atoms with Gasteiger partial charge in [-0.2, -0.15) is 0 Å². The number of amides is 1. The zero-order valence-electron chi connectivity index (χ0n) is 14.2.